The number of thioether (sulfide) groups is 1. The van der Waals surface area contributed by atoms with Crippen LogP contribution >= 0.6 is 11.8 Å². The van der Waals surface area contributed by atoms with Gasteiger partial charge in [-0.2, -0.15) is 0 Å². The maximum Gasteiger partial charge on any atom is 0.335 e. The molecule has 0 aliphatic carbocycles. The monoisotopic (exact) mass is 507 g/mol. The molecule has 1 saturated heterocycles. The molecule has 10 heteroatoms. The fourth-order valence-corrected chi connectivity index (χ4v) is 4.55. The number of carbonyl (C=O) groups is 3. The zero-order valence-corrected chi connectivity index (χ0v) is 20.0. The van der Waals surface area contributed by atoms with Crippen LogP contribution in [0, 0.1) is 5.82 Å². The zero-order chi connectivity index (χ0) is 25.7. The quantitative estimate of drug-likeness (QED) is 0.480. The van der Waals surface area contributed by atoms with Crippen molar-refractivity contribution in [3.8, 4) is 5.75 Å². The molecular weight excluding hydrogens is 485 g/mol. The molecular formula is C26H22FN3O5S. The summed E-state index contributed by atoms with van der Waals surface area (Å²) in [4.78, 5) is 43.3. The number of amidine groups is 1. The van der Waals surface area contributed by atoms with Crippen molar-refractivity contribution in [3.05, 3.63) is 89.7 Å². The molecule has 1 fully saturated rings. The van der Waals surface area contributed by atoms with E-state index in [1.807, 2.05) is 0 Å². The molecule has 8 nitrogen and oxygen atoms in total. The molecule has 36 heavy (non-hydrogen) atoms. The molecule has 3 aromatic carbocycles. The number of amides is 2. The number of aromatic carboxylic acids is 1. The smallest absolute Gasteiger partial charge is 0.335 e. The summed E-state index contributed by atoms with van der Waals surface area (Å²) < 4.78 is 18.5. The fraction of sp³-hybridized carbons (Fsp3) is 0.154. The van der Waals surface area contributed by atoms with Crippen molar-refractivity contribution in [2.24, 2.45) is 4.99 Å². The van der Waals surface area contributed by atoms with Crippen molar-refractivity contribution in [1.29, 1.82) is 0 Å². The summed E-state index contributed by atoms with van der Waals surface area (Å²) in [6, 6.07) is 18.5. The van der Waals surface area contributed by atoms with E-state index in [1.165, 1.54) is 41.3 Å². The van der Waals surface area contributed by atoms with E-state index in [0.717, 1.165) is 11.8 Å². The maximum atomic E-state index is 13.4. The van der Waals surface area contributed by atoms with Crippen LogP contribution in [0.15, 0.2) is 77.8 Å². The molecule has 3 aromatic rings. The van der Waals surface area contributed by atoms with E-state index < -0.39 is 17.1 Å². The van der Waals surface area contributed by atoms with E-state index in [1.54, 1.807) is 43.5 Å². The third-order valence-corrected chi connectivity index (χ3v) is 6.57. The molecule has 1 unspecified atom stereocenters. The molecule has 0 saturated carbocycles. The lowest BCUT2D eigenvalue weighted by molar-refractivity contribution is -0.129. The average Bonchev–Trinajstić information content (AvgIpc) is 2.87. The average molecular weight is 508 g/mol. The van der Waals surface area contributed by atoms with E-state index in [9.17, 15) is 18.8 Å². The van der Waals surface area contributed by atoms with Gasteiger partial charge in [-0.25, -0.2) is 14.2 Å². The Labute approximate surface area is 210 Å². The van der Waals surface area contributed by atoms with Crippen molar-refractivity contribution in [2.45, 2.75) is 18.2 Å². The second kappa shape index (κ2) is 11.0. The van der Waals surface area contributed by atoms with Crippen LogP contribution in [0.4, 0.5) is 15.8 Å². The molecule has 0 spiro atoms. The first-order chi connectivity index (χ1) is 17.3. The van der Waals surface area contributed by atoms with Gasteiger partial charge in [-0.05, 0) is 66.2 Å². The van der Waals surface area contributed by atoms with Gasteiger partial charge in [0, 0.05) is 12.1 Å². The van der Waals surface area contributed by atoms with Gasteiger partial charge >= 0.3 is 5.97 Å². The predicted octanol–water partition coefficient (Wildman–Crippen LogP) is 4.69. The summed E-state index contributed by atoms with van der Waals surface area (Å²) in [5, 5.41) is 11.4. The highest BCUT2D eigenvalue weighted by molar-refractivity contribution is 8.15. The van der Waals surface area contributed by atoms with Gasteiger partial charge in [-0.3, -0.25) is 14.5 Å². The minimum atomic E-state index is -1.07. The third-order valence-electron chi connectivity index (χ3n) is 5.38. The summed E-state index contributed by atoms with van der Waals surface area (Å²) in [7, 11) is 1.55. The number of carboxylic acid groups (broad SMARTS) is 1. The Kier molecular flexibility index (Phi) is 7.65. The third kappa shape index (κ3) is 6.08. The van der Waals surface area contributed by atoms with E-state index in [0.29, 0.717) is 27.9 Å². The summed E-state index contributed by atoms with van der Waals surface area (Å²) >= 11 is 1.15. The van der Waals surface area contributed by atoms with Crippen molar-refractivity contribution in [2.75, 3.05) is 12.4 Å². The SMILES string of the molecule is COc1ccc(N=C2SC(C(=O)Nc3ccc(C(=O)O)cc3)CC(=O)N2Cc2ccc(F)cc2)cc1. The highest BCUT2D eigenvalue weighted by Crippen LogP contribution is 2.31. The first-order valence-corrected chi connectivity index (χ1v) is 11.8. The minimum absolute atomic E-state index is 0.0630. The van der Waals surface area contributed by atoms with Gasteiger partial charge in [-0.1, -0.05) is 23.9 Å². The van der Waals surface area contributed by atoms with Crippen LogP contribution in [0.2, 0.25) is 0 Å². The lowest BCUT2D eigenvalue weighted by Gasteiger charge is -2.32. The Balaban J connectivity index is 1.57. The van der Waals surface area contributed by atoms with Gasteiger partial charge < -0.3 is 15.2 Å². The Bertz CT molecular complexity index is 1290. The molecule has 4 rings (SSSR count). The first-order valence-electron chi connectivity index (χ1n) is 10.9. The molecule has 2 amide bonds. The van der Waals surface area contributed by atoms with Gasteiger partial charge in [0.1, 0.15) is 16.8 Å². The maximum absolute atomic E-state index is 13.4. The summed E-state index contributed by atoms with van der Waals surface area (Å²) in [6.45, 7) is 0.173. The number of nitrogens with zero attached hydrogens (tertiary/aromatic N) is 2. The van der Waals surface area contributed by atoms with Crippen molar-refractivity contribution in [1.82, 2.24) is 4.90 Å². The number of halogens is 1. The number of aliphatic imine (C=N–C) groups is 1. The second-order valence-corrected chi connectivity index (χ2v) is 9.05. The molecule has 2 N–H and O–H groups in total. The lowest BCUT2D eigenvalue weighted by Crippen LogP contribution is -2.44. The van der Waals surface area contributed by atoms with Crippen LogP contribution in [-0.4, -0.2) is 45.3 Å². The van der Waals surface area contributed by atoms with E-state index in [2.05, 4.69) is 10.3 Å². The number of carbonyl (C=O) groups excluding carboxylic acids is 2. The van der Waals surface area contributed by atoms with Gasteiger partial charge in [0.05, 0.1) is 24.9 Å². The summed E-state index contributed by atoms with van der Waals surface area (Å²) in [5.41, 5.74) is 1.80. The first kappa shape index (κ1) is 24.9. The number of hydrogen-bond acceptors (Lipinski definition) is 6. The molecule has 1 aliphatic heterocycles. The highest BCUT2D eigenvalue weighted by atomic mass is 32.2. The van der Waals surface area contributed by atoms with Crippen molar-refractivity contribution in [3.63, 3.8) is 0 Å². The number of hydrogen-bond donors (Lipinski definition) is 2. The molecule has 0 radical (unpaired) electrons. The largest absolute Gasteiger partial charge is 0.497 e. The molecule has 0 aromatic heterocycles. The van der Waals surface area contributed by atoms with Gasteiger partial charge in [0.2, 0.25) is 11.8 Å². The Hall–Kier alpha value is -4.18. The predicted molar refractivity (Wildman–Crippen MR) is 135 cm³/mol. The fourth-order valence-electron chi connectivity index (χ4n) is 3.46. The standard InChI is InChI=1S/C26H22FN3O5S/c1-35-21-12-10-20(11-13-21)29-26-30(15-16-2-6-18(27)7-3-16)23(31)14-22(36-26)24(32)28-19-8-4-17(5-9-19)25(33)34/h2-13,22H,14-15H2,1H3,(H,28,32)(H,33,34). The molecule has 1 heterocycles. The van der Waals surface area contributed by atoms with Crippen LogP contribution in [0.5, 0.6) is 5.75 Å². The van der Waals surface area contributed by atoms with Crippen LogP contribution in [0.1, 0.15) is 22.3 Å². The van der Waals surface area contributed by atoms with Crippen LogP contribution in [0.25, 0.3) is 0 Å². The molecule has 0 bridgehead atoms. The molecule has 1 aliphatic rings. The Morgan fingerprint density at radius 2 is 1.75 bits per heavy atom. The lowest BCUT2D eigenvalue weighted by atomic mass is 10.2. The zero-order valence-electron chi connectivity index (χ0n) is 19.2. The van der Waals surface area contributed by atoms with E-state index in [4.69, 9.17) is 9.84 Å². The second-order valence-electron chi connectivity index (χ2n) is 7.88. The molecule has 1 atom stereocenters. The van der Waals surface area contributed by atoms with Gasteiger partial charge in [0.15, 0.2) is 5.17 Å². The van der Waals surface area contributed by atoms with E-state index >= 15 is 0 Å². The van der Waals surface area contributed by atoms with Crippen LogP contribution in [0.3, 0.4) is 0 Å². The number of ether oxygens (including phenoxy) is 1. The van der Waals surface area contributed by atoms with Gasteiger partial charge in [-0.15, -0.1) is 0 Å². The van der Waals surface area contributed by atoms with E-state index in [-0.39, 0.29) is 30.3 Å². The topological polar surface area (TPSA) is 108 Å². The number of benzene rings is 3. The number of methoxy groups -OCH3 is 1. The van der Waals surface area contributed by atoms with Crippen LogP contribution in [-0.2, 0) is 16.1 Å². The highest BCUT2D eigenvalue weighted by Gasteiger charge is 2.36. The van der Waals surface area contributed by atoms with Gasteiger partial charge in [0.25, 0.3) is 0 Å². The van der Waals surface area contributed by atoms with Crippen molar-refractivity contribution < 1.29 is 28.6 Å². The van der Waals surface area contributed by atoms with Crippen molar-refractivity contribution >= 4 is 46.1 Å². The normalized spacial score (nSPS) is 16.6. The number of nitrogens with one attached hydrogen (secondary N) is 1. The number of anilines is 1. The van der Waals surface area contributed by atoms with Crippen LogP contribution < -0.4 is 10.1 Å². The number of rotatable bonds is 7. The Morgan fingerprint density at radius 1 is 1.08 bits per heavy atom. The Morgan fingerprint density at radius 3 is 2.36 bits per heavy atom. The summed E-state index contributed by atoms with van der Waals surface area (Å²) in [5.74, 6) is -1.49. The number of carboxylic acids is 1. The molecule has 184 valence electrons. The minimum Gasteiger partial charge on any atom is -0.497 e. The summed E-state index contributed by atoms with van der Waals surface area (Å²) in [6.07, 6.45) is -0.0630.